The Labute approximate surface area is 102 Å². The highest BCUT2D eigenvalue weighted by Gasteiger charge is 2.08. The van der Waals surface area contributed by atoms with Crippen molar-refractivity contribution in [2.75, 3.05) is 7.11 Å². The second-order valence-corrected chi connectivity index (χ2v) is 4.37. The van der Waals surface area contributed by atoms with E-state index in [0.717, 1.165) is 18.4 Å². The molecule has 17 heavy (non-hydrogen) atoms. The highest BCUT2D eigenvalue weighted by molar-refractivity contribution is 5.68. The van der Waals surface area contributed by atoms with Gasteiger partial charge >= 0.3 is 5.97 Å². The molecule has 0 saturated heterocycles. The van der Waals surface area contributed by atoms with Crippen molar-refractivity contribution >= 4 is 5.97 Å². The molecule has 0 N–H and O–H groups in total. The molecule has 1 aromatic rings. The topological polar surface area (TPSA) is 26.3 Å². The Morgan fingerprint density at radius 1 is 1.41 bits per heavy atom. The summed E-state index contributed by atoms with van der Waals surface area (Å²) in [6, 6.07) is 6.84. The summed E-state index contributed by atoms with van der Waals surface area (Å²) in [6.45, 7) is 2.07. The molecular formula is C14H19FO2. The van der Waals surface area contributed by atoms with Gasteiger partial charge < -0.3 is 4.74 Å². The van der Waals surface area contributed by atoms with Gasteiger partial charge in [-0.3, -0.25) is 4.79 Å². The predicted octanol–water partition coefficient (Wildman–Crippen LogP) is 3.35. The summed E-state index contributed by atoms with van der Waals surface area (Å²) in [7, 11) is 1.39. The molecule has 0 aromatic heterocycles. The first-order chi connectivity index (χ1) is 8.13. The zero-order chi connectivity index (χ0) is 12.7. The standard InChI is InChI=1S/C14H19FO2/c1-11(6-5-9-14(16)17-2)10-12-7-3-4-8-13(12)15/h3-4,7-8,11H,5-6,9-10H2,1-2H3. The van der Waals surface area contributed by atoms with Crippen molar-refractivity contribution in [3.63, 3.8) is 0 Å². The Bertz CT molecular complexity index is 363. The quantitative estimate of drug-likeness (QED) is 0.710. The van der Waals surface area contributed by atoms with Crippen LogP contribution in [0.25, 0.3) is 0 Å². The number of benzene rings is 1. The van der Waals surface area contributed by atoms with E-state index in [1.54, 1.807) is 6.07 Å². The Balaban J connectivity index is 2.32. The van der Waals surface area contributed by atoms with Gasteiger partial charge in [0.2, 0.25) is 0 Å². The van der Waals surface area contributed by atoms with Gasteiger partial charge in [0.15, 0.2) is 0 Å². The Hall–Kier alpha value is -1.38. The van der Waals surface area contributed by atoms with E-state index in [1.165, 1.54) is 13.2 Å². The van der Waals surface area contributed by atoms with Gasteiger partial charge in [-0.15, -0.1) is 0 Å². The van der Waals surface area contributed by atoms with Crippen molar-refractivity contribution in [1.82, 2.24) is 0 Å². The van der Waals surface area contributed by atoms with Crippen molar-refractivity contribution in [3.8, 4) is 0 Å². The molecule has 3 heteroatoms. The molecule has 0 fully saturated rings. The molecule has 1 aromatic carbocycles. The molecule has 0 aliphatic carbocycles. The fourth-order valence-electron chi connectivity index (χ4n) is 1.84. The van der Waals surface area contributed by atoms with Crippen LogP contribution in [0.15, 0.2) is 24.3 Å². The summed E-state index contributed by atoms with van der Waals surface area (Å²) in [4.78, 5) is 10.9. The van der Waals surface area contributed by atoms with Gasteiger partial charge in [0.25, 0.3) is 0 Å². The normalized spacial score (nSPS) is 12.2. The molecule has 0 aliphatic heterocycles. The van der Waals surface area contributed by atoms with Crippen LogP contribution in [0.5, 0.6) is 0 Å². The molecule has 1 unspecified atom stereocenters. The van der Waals surface area contributed by atoms with Crippen LogP contribution in [0.3, 0.4) is 0 Å². The monoisotopic (exact) mass is 238 g/mol. The van der Waals surface area contributed by atoms with E-state index in [4.69, 9.17) is 0 Å². The third kappa shape index (κ3) is 4.98. The van der Waals surface area contributed by atoms with Crippen LogP contribution in [-0.4, -0.2) is 13.1 Å². The third-order valence-electron chi connectivity index (χ3n) is 2.83. The molecule has 0 heterocycles. The van der Waals surface area contributed by atoms with Crippen LogP contribution < -0.4 is 0 Å². The van der Waals surface area contributed by atoms with Gasteiger partial charge in [-0.1, -0.05) is 25.1 Å². The average molecular weight is 238 g/mol. The molecule has 0 aliphatic rings. The van der Waals surface area contributed by atoms with Crippen molar-refractivity contribution in [1.29, 1.82) is 0 Å². The van der Waals surface area contributed by atoms with Crippen LogP contribution >= 0.6 is 0 Å². The maximum absolute atomic E-state index is 13.4. The lowest BCUT2D eigenvalue weighted by Gasteiger charge is -2.11. The van der Waals surface area contributed by atoms with Crippen molar-refractivity contribution in [2.45, 2.75) is 32.6 Å². The number of ether oxygens (including phenoxy) is 1. The van der Waals surface area contributed by atoms with E-state index in [0.29, 0.717) is 18.8 Å². The fourth-order valence-corrected chi connectivity index (χ4v) is 1.84. The maximum Gasteiger partial charge on any atom is 0.305 e. The van der Waals surface area contributed by atoms with E-state index < -0.39 is 0 Å². The molecule has 94 valence electrons. The molecular weight excluding hydrogens is 219 g/mol. The van der Waals surface area contributed by atoms with Crippen LogP contribution in [0.2, 0.25) is 0 Å². The number of hydrogen-bond acceptors (Lipinski definition) is 2. The lowest BCUT2D eigenvalue weighted by molar-refractivity contribution is -0.140. The van der Waals surface area contributed by atoms with Gasteiger partial charge in [-0.25, -0.2) is 4.39 Å². The van der Waals surface area contributed by atoms with Crippen molar-refractivity contribution in [3.05, 3.63) is 35.6 Å². The Morgan fingerprint density at radius 2 is 2.12 bits per heavy atom. The Kier molecular flexibility index (Phi) is 5.67. The molecule has 0 saturated carbocycles. The maximum atomic E-state index is 13.4. The summed E-state index contributed by atoms with van der Waals surface area (Å²) in [6.07, 6.45) is 2.86. The van der Waals surface area contributed by atoms with Gasteiger partial charge in [-0.05, 0) is 36.8 Å². The van der Waals surface area contributed by atoms with E-state index in [2.05, 4.69) is 11.7 Å². The minimum atomic E-state index is -0.178. The van der Waals surface area contributed by atoms with Crippen LogP contribution in [0.4, 0.5) is 4.39 Å². The Morgan fingerprint density at radius 3 is 2.76 bits per heavy atom. The smallest absolute Gasteiger partial charge is 0.305 e. The highest BCUT2D eigenvalue weighted by Crippen LogP contribution is 2.17. The summed E-state index contributed by atoms with van der Waals surface area (Å²) < 4.78 is 18.0. The van der Waals surface area contributed by atoms with Crippen LogP contribution in [0.1, 0.15) is 31.7 Å². The predicted molar refractivity (Wildman–Crippen MR) is 65.1 cm³/mol. The van der Waals surface area contributed by atoms with Crippen molar-refractivity contribution in [2.24, 2.45) is 5.92 Å². The van der Waals surface area contributed by atoms with Crippen molar-refractivity contribution < 1.29 is 13.9 Å². The molecule has 0 amide bonds. The number of methoxy groups -OCH3 is 1. The van der Waals surface area contributed by atoms with E-state index >= 15 is 0 Å². The highest BCUT2D eigenvalue weighted by atomic mass is 19.1. The minimum absolute atomic E-state index is 0.146. The molecule has 1 rings (SSSR count). The van der Waals surface area contributed by atoms with Gasteiger partial charge in [0.1, 0.15) is 5.82 Å². The number of hydrogen-bond donors (Lipinski definition) is 0. The van der Waals surface area contributed by atoms with Gasteiger partial charge in [-0.2, -0.15) is 0 Å². The van der Waals surface area contributed by atoms with Gasteiger partial charge in [0.05, 0.1) is 7.11 Å². The lowest BCUT2D eigenvalue weighted by Crippen LogP contribution is -2.05. The first kappa shape index (κ1) is 13.7. The van der Waals surface area contributed by atoms with Gasteiger partial charge in [0, 0.05) is 6.42 Å². The minimum Gasteiger partial charge on any atom is -0.469 e. The van der Waals surface area contributed by atoms with E-state index in [1.807, 2.05) is 12.1 Å². The largest absolute Gasteiger partial charge is 0.469 e. The average Bonchev–Trinajstić information content (AvgIpc) is 2.32. The summed E-state index contributed by atoms with van der Waals surface area (Å²) >= 11 is 0. The molecule has 1 atom stereocenters. The lowest BCUT2D eigenvalue weighted by atomic mass is 9.95. The molecule has 2 nitrogen and oxygen atoms in total. The zero-order valence-corrected chi connectivity index (χ0v) is 10.4. The SMILES string of the molecule is COC(=O)CCCC(C)Cc1ccccc1F. The number of carbonyl (C=O) groups excluding carboxylic acids is 1. The second kappa shape index (κ2) is 7.05. The first-order valence-electron chi connectivity index (χ1n) is 5.93. The fraction of sp³-hybridized carbons (Fsp3) is 0.500. The number of carbonyl (C=O) groups is 1. The molecule has 0 bridgehead atoms. The van der Waals surface area contributed by atoms with E-state index in [9.17, 15) is 9.18 Å². The summed E-state index contributed by atoms with van der Waals surface area (Å²) in [5, 5.41) is 0. The third-order valence-corrected chi connectivity index (χ3v) is 2.83. The number of halogens is 1. The number of esters is 1. The van der Waals surface area contributed by atoms with E-state index in [-0.39, 0.29) is 11.8 Å². The zero-order valence-electron chi connectivity index (χ0n) is 10.4. The summed E-state index contributed by atoms with van der Waals surface area (Å²) in [5.74, 6) is 0.0481. The summed E-state index contributed by atoms with van der Waals surface area (Å²) in [5.41, 5.74) is 0.748. The van der Waals surface area contributed by atoms with Crippen LogP contribution in [0, 0.1) is 11.7 Å². The number of rotatable bonds is 6. The first-order valence-corrected chi connectivity index (χ1v) is 5.93. The molecule has 0 radical (unpaired) electrons. The molecule has 0 spiro atoms. The van der Waals surface area contributed by atoms with Crippen LogP contribution in [-0.2, 0) is 16.0 Å². The second-order valence-electron chi connectivity index (χ2n) is 4.37.